The number of hydrogen-bond acceptors (Lipinski definition) is 5. The molecular formula is C27H38BrN3O4S. The van der Waals surface area contributed by atoms with Gasteiger partial charge >= 0.3 is 0 Å². The van der Waals surface area contributed by atoms with E-state index in [4.69, 9.17) is 0 Å². The maximum Gasteiger partial charge on any atom is 0.244 e. The molecule has 3 saturated heterocycles. The number of amides is 3. The molecule has 3 N–H and O–H groups in total. The Balaban J connectivity index is 1.69. The molecule has 198 valence electrons. The van der Waals surface area contributed by atoms with Crippen LogP contribution >= 0.6 is 27.7 Å². The van der Waals surface area contributed by atoms with E-state index in [-0.39, 0.29) is 39.8 Å². The minimum Gasteiger partial charge on any atom is -0.394 e. The first-order valence-electron chi connectivity index (χ1n) is 12.6. The number of fused-ring (bicyclic) bond motifs is 1. The van der Waals surface area contributed by atoms with Gasteiger partial charge in [-0.05, 0) is 51.2 Å². The van der Waals surface area contributed by atoms with E-state index in [0.29, 0.717) is 12.1 Å². The van der Waals surface area contributed by atoms with Gasteiger partial charge in [0.15, 0.2) is 0 Å². The van der Waals surface area contributed by atoms with Crippen molar-refractivity contribution in [3.8, 4) is 0 Å². The van der Waals surface area contributed by atoms with Crippen molar-refractivity contribution in [2.24, 2.45) is 17.3 Å². The summed E-state index contributed by atoms with van der Waals surface area (Å²) in [7, 11) is 0. The highest BCUT2D eigenvalue weighted by molar-refractivity contribution is 9.09. The van der Waals surface area contributed by atoms with Crippen LogP contribution < -0.4 is 10.6 Å². The van der Waals surface area contributed by atoms with Crippen molar-refractivity contribution in [1.29, 1.82) is 0 Å². The Kier molecular flexibility index (Phi) is 7.34. The summed E-state index contributed by atoms with van der Waals surface area (Å²) >= 11 is 5.38. The molecule has 3 aliphatic rings. The third kappa shape index (κ3) is 4.83. The van der Waals surface area contributed by atoms with E-state index in [1.807, 2.05) is 44.2 Å². The van der Waals surface area contributed by atoms with Crippen molar-refractivity contribution in [1.82, 2.24) is 10.2 Å². The molecule has 4 rings (SSSR count). The molecule has 3 heterocycles. The first-order valence-corrected chi connectivity index (χ1v) is 14.4. The van der Waals surface area contributed by atoms with Crippen molar-refractivity contribution < 1.29 is 19.5 Å². The summed E-state index contributed by atoms with van der Waals surface area (Å²) in [6, 6.07) is 7.93. The number of nitrogens with zero attached hydrogens (tertiary/aromatic N) is 1. The fourth-order valence-electron chi connectivity index (χ4n) is 6.75. The molecule has 0 radical (unpaired) electrons. The first-order chi connectivity index (χ1) is 16.7. The van der Waals surface area contributed by atoms with Crippen molar-refractivity contribution in [2.45, 2.75) is 86.8 Å². The predicted octanol–water partition coefficient (Wildman–Crippen LogP) is 3.80. The number of aliphatic hydroxyl groups is 1. The Morgan fingerprint density at radius 3 is 2.42 bits per heavy atom. The lowest BCUT2D eigenvalue weighted by Gasteiger charge is -2.40. The van der Waals surface area contributed by atoms with Crippen LogP contribution in [0.2, 0.25) is 0 Å². The molecule has 2 bridgehead atoms. The van der Waals surface area contributed by atoms with E-state index in [1.54, 1.807) is 23.6 Å². The van der Waals surface area contributed by atoms with Gasteiger partial charge in [0.1, 0.15) is 6.04 Å². The standard InChI is InChI=1S/C27H38BrN3O4S/c1-15(13-32)31-21(23(34)30-26(5,6)14-25(2,3)4)27-12-17(28)20(36-27)18(19(27)24(31)35)22(33)29-16-10-8-7-9-11-16/h7-11,15,17-21,32H,12-14H2,1-6H3,(H,29,33)(H,30,34)/t15-,17?,18-,19+,20-,21?,27?/m1/s1. The molecule has 0 aliphatic carbocycles. The Labute approximate surface area is 226 Å². The quantitative estimate of drug-likeness (QED) is 0.427. The summed E-state index contributed by atoms with van der Waals surface area (Å²) in [6.07, 6.45) is 1.37. The van der Waals surface area contributed by atoms with Crippen LogP contribution in [0.3, 0.4) is 0 Å². The van der Waals surface area contributed by atoms with Gasteiger partial charge in [-0.25, -0.2) is 0 Å². The lowest BCUT2D eigenvalue weighted by Crippen LogP contribution is -2.60. The number of halogens is 1. The number of para-hydroxylation sites is 1. The summed E-state index contributed by atoms with van der Waals surface area (Å²) in [5.74, 6) is -1.82. The Morgan fingerprint density at radius 1 is 1.19 bits per heavy atom. The van der Waals surface area contributed by atoms with Gasteiger partial charge in [0.25, 0.3) is 0 Å². The van der Waals surface area contributed by atoms with Gasteiger partial charge in [-0.1, -0.05) is 54.9 Å². The molecule has 7 atom stereocenters. The maximum absolute atomic E-state index is 14.0. The van der Waals surface area contributed by atoms with Gasteiger partial charge in [-0.15, -0.1) is 11.8 Å². The van der Waals surface area contributed by atoms with E-state index in [1.165, 1.54) is 0 Å². The number of hydrogen-bond donors (Lipinski definition) is 3. The number of carbonyl (C=O) groups is 3. The number of aliphatic hydroxyl groups excluding tert-OH is 1. The minimum atomic E-state index is -0.763. The molecule has 3 aliphatic heterocycles. The molecule has 36 heavy (non-hydrogen) atoms. The van der Waals surface area contributed by atoms with Crippen molar-refractivity contribution in [2.75, 3.05) is 11.9 Å². The summed E-state index contributed by atoms with van der Waals surface area (Å²) in [6.45, 7) is 11.9. The van der Waals surface area contributed by atoms with Crippen LogP contribution in [0.4, 0.5) is 5.69 Å². The van der Waals surface area contributed by atoms with Gasteiger partial charge < -0.3 is 20.6 Å². The van der Waals surface area contributed by atoms with Crippen molar-refractivity contribution in [3.05, 3.63) is 30.3 Å². The topological polar surface area (TPSA) is 98.7 Å². The van der Waals surface area contributed by atoms with E-state index in [2.05, 4.69) is 47.3 Å². The molecule has 1 spiro atoms. The predicted molar refractivity (Wildman–Crippen MR) is 147 cm³/mol. The van der Waals surface area contributed by atoms with Crippen LogP contribution in [0.15, 0.2) is 30.3 Å². The Hall–Kier alpha value is -1.58. The normalized spacial score (nSPS) is 32.4. The third-order valence-corrected chi connectivity index (χ3v) is 10.7. The fraction of sp³-hybridized carbons (Fsp3) is 0.667. The number of thioether (sulfide) groups is 1. The van der Waals surface area contributed by atoms with Gasteiger partial charge in [0, 0.05) is 21.3 Å². The smallest absolute Gasteiger partial charge is 0.244 e. The van der Waals surface area contributed by atoms with Gasteiger partial charge in [0.2, 0.25) is 17.7 Å². The summed E-state index contributed by atoms with van der Waals surface area (Å²) in [5.41, 5.74) is 0.198. The number of nitrogens with one attached hydrogen (secondary N) is 2. The number of carbonyl (C=O) groups excluding carboxylic acids is 3. The highest BCUT2D eigenvalue weighted by Gasteiger charge is 2.76. The molecule has 7 nitrogen and oxygen atoms in total. The van der Waals surface area contributed by atoms with Crippen LogP contribution in [0.25, 0.3) is 0 Å². The molecule has 3 amide bonds. The molecule has 0 saturated carbocycles. The Morgan fingerprint density at radius 2 is 1.83 bits per heavy atom. The van der Waals surface area contributed by atoms with Crippen LogP contribution in [-0.2, 0) is 14.4 Å². The largest absolute Gasteiger partial charge is 0.394 e. The minimum absolute atomic E-state index is 0.000316. The number of alkyl halides is 1. The third-order valence-electron chi connectivity index (χ3n) is 7.49. The summed E-state index contributed by atoms with van der Waals surface area (Å²) < 4.78 is -0.736. The second-order valence-corrected chi connectivity index (χ2v) is 15.1. The number of anilines is 1. The van der Waals surface area contributed by atoms with Crippen LogP contribution in [0, 0.1) is 17.3 Å². The van der Waals surface area contributed by atoms with Crippen molar-refractivity contribution in [3.63, 3.8) is 0 Å². The highest BCUT2D eigenvalue weighted by atomic mass is 79.9. The van der Waals surface area contributed by atoms with E-state index in [9.17, 15) is 19.5 Å². The molecule has 1 aromatic carbocycles. The lowest BCUT2D eigenvalue weighted by atomic mass is 9.70. The first kappa shape index (κ1) is 27.5. The van der Waals surface area contributed by atoms with Crippen LogP contribution in [0.1, 0.15) is 54.4 Å². The molecule has 1 aromatic rings. The summed E-state index contributed by atoms with van der Waals surface area (Å²) in [4.78, 5) is 43.1. The van der Waals surface area contributed by atoms with Crippen LogP contribution in [-0.4, -0.2) is 66.8 Å². The van der Waals surface area contributed by atoms with E-state index >= 15 is 0 Å². The van der Waals surface area contributed by atoms with Gasteiger partial charge in [-0.2, -0.15) is 0 Å². The molecule has 3 unspecified atom stereocenters. The molecule has 0 aromatic heterocycles. The zero-order valence-electron chi connectivity index (χ0n) is 21.9. The average molecular weight is 581 g/mol. The average Bonchev–Trinajstić information content (AvgIpc) is 3.35. The van der Waals surface area contributed by atoms with Gasteiger partial charge in [-0.3, -0.25) is 14.4 Å². The molecule has 9 heteroatoms. The van der Waals surface area contributed by atoms with Crippen LogP contribution in [0.5, 0.6) is 0 Å². The summed E-state index contributed by atoms with van der Waals surface area (Å²) in [5, 5.41) is 16.1. The van der Waals surface area contributed by atoms with Gasteiger partial charge in [0.05, 0.1) is 29.2 Å². The lowest BCUT2D eigenvalue weighted by molar-refractivity contribution is -0.142. The molecular weight excluding hydrogens is 542 g/mol. The van der Waals surface area contributed by atoms with E-state index in [0.717, 1.165) is 6.42 Å². The van der Waals surface area contributed by atoms with Crippen molar-refractivity contribution >= 4 is 51.1 Å². The zero-order valence-corrected chi connectivity index (χ0v) is 24.3. The number of rotatable bonds is 7. The monoisotopic (exact) mass is 579 g/mol. The highest BCUT2D eigenvalue weighted by Crippen LogP contribution is 2.68. The zero-order chi connectivity index (χ0) is 26.6. The number of benzene rings is 1. The van der Waals surface area contributed by atoms with E-state index < -0.39 is 34.2 Å². The Bertz CT molecular complexity index is 1030. The number of likely N-dealkylation sites (tertiary alicyclic amines) is 1. The second kappa shape index (κ2) is 9.62. The SMILES string of the molecule is C[C@H](CO)N1C(=O)[C@@H]2[C@@H](C(=O)Nc3ccccc3)[C@@H]3SC2(CC3Br)C1C(=O)NC(C)(C)CC(C)(C)C. The maximum atomic E-state index is 14.0. The fourth-order valence-corrected chi connectivity index (χ4v) is 10.3. The molecule has 3 fully saturated rings. The second-order valence-electron chi connectivity index (χ2n) is 12.4.